The number of methoxy groups -OCH3 is 1. The first-order valence-corrected chi connectivity index (χ1v) is 9.16. The molecule has 2 aromatic rings. The predicted molar refractivity (Wildman–Crippen MR) is 103 cm³/mol. The molecule has 0 aliphatic carbocycles. The van der Waals surface area contributed by atoms with Crippen molar-refractivity contribution in [2.75, 3.05) is 31.6 Å². The van der Waals surface area contributed by atoms with Gasteiger partial charge in [0.05, 0.1) is 12.5 Å². The van der Waals surface area contributed by atoms with Crippen molar-refractivity contribution in [2.24, 2.45) is 0 Å². The minimum absolute atomic E-state index is 0.0149. The molecule has 1 saturated heterocycles. The first kappa shape index (κ1) is 17.5. The van der Waals surface area contributed by atoms with Crippen molar-refractivity contribution in [3.8, 4) is 5.75 Å². The summed E-state index contributed by atoms with van der Waals surface area (Å²) in [5, 5.41) is 6.20. The smallest absolute Gasteiger partial charge is 0.240 e. The average Bonchev–Trinajstić information content (AvgIpc) is 3.28. The molecular formula is C21H23N3O3. The highest BCUT2D eigenvalue weighted by molar-refractivity contribution is 6.11. The summed E-state index contributed by atoms with van der Waals surface area (Å²) in [5.41, 5.74) is 2.24. The first-order valence-electron chi connectivity index (χ1n) is 9.16. The third kappa shape index (κ3) is 2.96. The highest BCUT2D eigenvalue weighted by atomic mass is 16.5. The lowest BCUT2D eigenvalue weighted by molar-refractivity contribution is -0.126. The van der Waals surface area contributed by atoms with E-state index < -0.39 is 5.41 Å². The quantitative estimate of drug-likeness (QED) is 0.844. The van der Waals surface area contributed by atoms with Gasteiger partial charge in [0.2, 0.25) is 11.8 Å². The van der Waals surface area contributed by atoms with Crippen LogP contribution in [-0.4, -0.2) is 38.6 Å². The molecule has 6 heteroatoms. The van der Waals surface area contributed by atoms with Gasteiger partial charge in [-0.2, -0.15) is 0 Å². The third-order valence-corrected chi connectivity index (χ3v) is 5.49. The molecule has 0 aromatic heterocycles. The minimum atomic E-state index is -0.528. The molecule has 2 amide bonds. The van der Waals surface area contributed by atoms with Gasteiger partial charge >= 0.3 is 0 Å². The van der Waals surface area contributed by atoms with E-state index in [1.807, 2.05) is 48.5 Å². The van der Waals surface area contributed by atoms with Gasteiger partial charge in [0.15, 0.2) is 0 Å². The Morgan fingerprint density at radius 2 is 2.00 bits per heavy atom. The summed E-state index contributed by atoms with van der Waals surface area (Å²) in [6.07, 6.45) is 0.766. The van der Waals surface area contributed by atoms with Crippen LogP contribution in [-0.2, 0) is 21.5 Å². The Balaban J connectivity index is 1.49. The number of anilines is 1. The molecule has 1 fully saturated rings. The molecule has 6 nitrogen and oxygen atoms in total. The number of carbonyl (C=O) groups is 2. The first-order chi connectivity index (χ1) is 13.2. The van der Waals surface area contributed by atoms with Gasteiger partial charge in [0.1, 0.15) is 12.3 Å². The zero-order valence-electron chi connectivity index (χ0n) is 15.3. The van der Waals surface area contributed by atoms with E-state index in [0.29, 0.717) is 13.1 Å². The van der Waals surface area contributed by atoms with Crippen molar-refractivity contribution >= 4 is 17.5 Å². The zero-order valence-corrected chi connectivity index (χ0v) is 15.3. The van der Waals surface area contributed by atoms with Crippen LogP contribution >= 0.6 is 0 Å². The third-order valence-electron chi connectivity index (χ3n) is 5.49. The molecule has 0 saturated carbocycles. The minimum Gasteiger partial charge on any atom is -0.496 e. The van der Waals surface area contributed by atoms with E-state index in [0.717, 1.165) is 35.5 Å². The van der Waals surface area contributed by atoms with E-state index in [1.54, 1.807) is 12.0 Å². The largest absolute Gasteiger partial charge is 0.496 e. The molecule has 27 heavy (non-hydrogen) atoms. The zero-order chi connectivity index (χ0) is 18.9. The molecule has 0 bridgehead atoms. The van der Waals surface area contributed by atoms with E-state index in [2.05, 4.69) is 10.6 Å². The number of nitrogens with one attached hydrogen (secondary N) is 2. The lowest BCUT2D eigenvalue weighted by Gasteiger charge is -2.22. The number of ether oxygens (including phenoxy) is 1. The second kappa shape index (κ2) is 7.04. The number of carbonyl (C=O) groups excluding carboxylic acids is 2. The predicted octanol–water partition coefficient (Wildman–Crippen LogP) is 1.59. The van der Waals surface area contributed by atoms with Gasteiger partial charge < -0.3 is 20.3 Å². The van der Waals surface area contributed by atoms with E-state index in [1.165, 1.54) is 0 Å². The Labute approximate surface area is 158 Å². The highest BCUT2D eigenvalue weighted by Crippen LogP contribution is 2.45. The fourth-order valence-corrected chi connectivity index (χ4v) is 4.10. The summed E-state index contributed by atoms with van der Waals surface area (Å²) in [6.45, 7) is 1.82. The maximum absolute atomic E-state index is 13.2. The molecule has 0 radical (unpaired) electrons. The van der Waals surface area contributed by atoms with Crippen LogP contribution in [0.1, 0.15) is 17.5 Å². The number of benzene rings is 2. The fourth-order valence-electron chi connectivity index (χ4n) is 4.10. The highest BCUT2D eigenvalue weighted by Gasteiger charge is 2.52. The van der Waals surface area contributed by atoms with Crippen molar-refractivity contribution in [3.05, 3.63) is 59.7 Å². The maximum Gasteiger partial charge on any atom is 0.240 e. The maximum atomic E-state index is 13.2. The number of para-hydroxylation sites is 2. The van der Waals surface area contributed by atoms with Gasteiger partial charge in [0, 0.05) is 24.3 Å². The van der Waals surface area contributed by atoms with Gasteiger partial charge in [-0.15, -0.1) is 0 Å². The van der Waals surface area contributed by atoms with Crippen molar-refractivity contribution < 1.29 is 14.3 Å². The van der Waals surface area contributed by atoms with Crippen molar-refractivity contribution in [1.29, 1.82) is 0 Å². The molecule has 2 N–H and O–H groups in total. The van der Waals surface area contributed by atoms with Crippen LogP contribution in [0, 0.1) is 0 Å². The molecular weight excluding hydrogens is 342 g/mol. The summed E-state index contributed by atoms with van der Waals surface area (Å²) in [7, 11) is 1.61. The van der Waals surface area contributed by atoms with Crippen LogP contribution in [0.5, 0.6) is 5.75 Å². The van der Waals surface area contributed by atoms with Crippen molar-refractivity contribution in [2.45, 2.75) is 18.4 Å². The summed E-state index contributed by atoms with van der Waals surface area (Å²) >= 11 is 0. The monoisotopic (exact) mass is 365 g/mol. The molecule has 2 aliphatic heterocycles. The van der Waals surface area contributed by atoms with Gasteiger partial charge in [-0.1, -0.05) is 36.4 Å². The Bertz CT molecular complexity index is 874. The van der Waals surface area contributed by atoms with E-state index in [-0.39, 0.29) is 18.4 Å². The van der Waals surface area contributed by atoms with E-state index in [4.69, 9.17) is 4.74 Å². The number of hydrogen-bond acceptors (Lipinski definition) is 4. The topological polar surface area (TPSA) is 70.7 Å². The van der Waals surface area contributed by atoms with Crippen LogP contribution < -0.4 is 20.3 Å². The molecule has 1 spiro atoms. The van der Waals surface area contributed by atoms with E-state index in [9.17, 15) is 9.59 Å². The van der Waals surface area contributed by atoms with Gasteiger partial charge in [-0.3, -0.25) is 9.59 Å². The molecule has 2 aromatic carbocycles. The molecule has 140 valence electrons. The number of hydrogen-bond donors (Lipinski definition) is 2. The van der Waals surface area contributed by atoms with Crippen molar-refractivity contribution in [1.82, 2.24) is 10.6 Å². The van der Waals surface area contributed by atoms with Crippen LogP contribution in [0.2, 0.25) is 0 Å². The Hall–Kier alpha value is -2.86. The lowest BCUT2D eigenvalue weighted by atomic mass is 9.81. The summed E-state index contributed by atoms with van der Waals surface area (Å²) in [6, 6.07) is 15.4. The normalized spacial score (nSPS) is 20.8. The number of amides is 2. The SMILES string of the molecule is COc1ccccc1CNC(=O)CN1C(=O)C2(CCNC2)c2ccccc21. The fraction of sp³-hybridized carbons (Fsp3) is 0.333. The van der Waals surface area contributed by atoms with Crippen molar-refractivity contribution in [3.63, 3.8) is 0 Å². The average molecular weight is 365 g/mol. The summed E-state index contributed by atoms with van der Waals surface area (Å²) in [5.74, 6) is 0.560. The van der Waals surface area contributed by atoms with Gasteiger partial charge in [-0.25, -0.2) is 0 Å². The Morgan fingerprint density at radius 1 is 1.22 bits per heavy atom. The molecule has 1 atom stereocenters. The molecule has 1 unspecified atom stereocenters. The molecule has 4 rings (SSSR count). The van der Waals surface area contributed by atoms with Gasteiger partial charge in [-0.05, 0) is 30.7 Å². The Kier molecular flexibility index (Phi) is 4.58. The Morgan fingerprint density at radius 3 is 2.78 bits per heavy atom. The van der Waals surface area contributed by atoms with Crippen LogP contribution in [0.25, 0.3) is 0 Å². The number of fused-ring (bicyclic) bond motifs is 2. The van der Waals surface area contributed by atoms with Crippen LogP contribution in [0.3, 0.4) is 0 Å². The summed E-state index contributed by atoms with van der Waals surface area (Å²) < 4.78 is 5.32. The second-order valence-electron chi connectivity index (χ2n) is 7.01. The van der Waals surface area contributed by atoms with Crippen LogP contribution in [0.4, 0.5) is 5.69 Å². The lowest BCUT2D eigenvalue weighted by Crippen LogP contribution is -2.45. The molecule has 2 aliphatic rings. The van der Waals surface area contributed by atoms with E-state index >= 15 is 0 Å². The molecule has 2 heterocycles. The summed E-state index contributed by atoms with van der Waals surface area (Å²) in [4.78, 5) is 27.4. The van der Waals surface area contributed by atoms with Gasteiger partial charge in [0.25, 0.3) is 0 Å². The standard InChI is InChI=1S/C21H23N3O3/c1-27-18-9-5-2-6-15(18)12-23-19(25)13-24-17-8-4-3-7-16(17)21(20(24)26)10-11-22-14-21/h2-9,22H,10-14H2,1H3,(H,23,25). The van der Waals surface area contributed by atoms with Crippen LogP contribution in [0.15, 0.2) is 48.5 Å². The second-order valence-corrected chi connectivity index (χ2v) is 7.01. The number of nitrogens with zero attached hydrogens (tertiary/aromatic N) is 1. The number of rotatable bonds is 5.